The van der Waals surface area contributed by atoms with Crippen molar-refractivity contribution < 1.29 is 33.7 Å². The van der Waals surface area contributed by atoms with Gasteiger partial charge in [0.25, 0.3) is 0 Å². The van der Waals surface area contributed by atoms with Crippen molar-refractivity contribution in [3.05, 3.63) is 48.5 Å². The number of benzene rings is 2. The number of aliphatic hydroxyl groups is 1. The Morgan fingerprint density at radius 3 is 1.65 bits per heavy atom. The van der Waals surface area contributed by atoms with Gasteiger partial charge in [-0.1, -0.05) is 34.6 Å². The van der Waals surface area contributed by atoms with Crippen molar-refractivity contribution in [2.24, 2.45) is 10.3 Å². The molecule has 0 amide bonds. The fourth-order valence-corrected chi connectivity index (χ4v) is 7.44. The largest absolute Gasteiger partial charge is 0.489 e. The van der Waals surface area contributed by atoms with Gasteiger partial charge >= 0.3 is 0 Å². The Morgan fingerprint density at radius 1 is 0.685 bits per heavy atom. The fourth-order valence-electron chi connectivity index (χ4n) is 7.44. The molecule has 5 heterocycles. The Labute approximate surface area is 321 Å². The minimum atomic E-state index is -0.0730. The molecule has 5 aliphatic rings. The van der Waals surface area contributed by atoms with Crippen LogP contribution in [0.3, 0.4) is 0 Å². The number of aliphatic hydroxyl groups excluding tert-OH is 1. The van der Waals surface area contributed by atoms with E-state index in [4.69, 9.17) is 33.7 Å². The number of rotatable bonds is 14. The predicted molar refractivity (Wildman–Crippen MR) is 212 cm³/mol. The van der Waals surface area contributed by atoms with E-state index < -0.39 is 0 Å². The zero-order valence-corrected chi connectivity index (χ0v) is 32.8. The van der Waals surface area contributed by atoms with Crippen LogP contribution < -0.4 is 19.3 Å². The van der Waals surface area contributed by atoms with E-state index in [0.717, 1.165) is 121 Å². The molecule has 54 heavy (non-hydrogen) atoms. The third-order valence-electron chi connectivity index (χ3n) is 10.2. The van der Waals surface area contributed by atoms with Crippen molar-refractivity contribution in [3.8, 4) is 11.5 Å². The highest BCUT2D eigenvalue weighted by molar-refractivity contribution is 5.87. The lowest BCUT2D eigenvalue weighted by Crippen LogP contribution is -2.48. The number of hydrogen-bond donors (Lipinski definition) is 1. The summed E-state index contributed by atoms with van der Waals surface area (Å²) in [5, 5.41) is 17.3. The second-order valence-electron chi connectivity index (χ2n) is 15.3. The summed E-state index contributed by atoms with van der Waals surface area (Å²) in [4.78, 5) is 20.7. The number of nitrogens with zero attached hydrogens (tertiary/aromatic N) is 6. The van der Waals surface area contributed by atoms with Crippen LogP contribution in [-0.2, 0) is 19.1 Å². The first-order chi connectivity index (χ1) is 26.3. The molecular weight excluding hydrogens is 688 g/mol. The van der Waals surface area contributed by atoms with Crippen LogP contribution in [0.5, 0.6) is 11.5 Å². The highest BCUT2D eigenvalue weighted by Gasteiger charge is 2.29. The van der Waals surface area contributed by atoms with Gasteiger partial charge in [0.05, 0.1) is 48.2 Å². The molecule has 0 spiro atoms. The SMILES string of the molecule is CC(C)Oc1ccccc1N1CCN(CC2CC(CO)=NO2)CC1.CC(C)Oc1ccccc1N1CCN(CC2CC(COC3CCCCO3)=NO2)CC1. The second-order valence-corrected chi connectivity index (χ2v) is 15.3. The number of hydrogen-bond acceptors (Lipinski definition) is 13. The molecule has 13 heteroatoms. The summed E-state index contributed by atoms with van der Waals surface area (Å²) in [6, 6.07) is 16.6. The molecule has 0 aliphatic carbocycles. The average molecular weight is 751 g/mol. The van der Waals surface area contributed by atoms with Gasteiger partial charge in [0, 0.05) is 84.9 Å². The van der Waals surface area contributed by atoms with E-state index in [1.165, 1.54) is 17.8 Å². The average Bonchev–Trinajstić information content (AvgIpc) is 3.84. The van der Waals surface area contributed by atoms with Gasteiger partial charge < -0.3 is 43.5 Å². The lowest BCUT2D eigenvalue weighted by atomic mass is 10.1. The van der Waals surface area contributed by atoms with Crippen molar-refractivity contribution in [1.29, 1.82) is 0 Å². The maximum absolute atomic E-state index is 9.10. The molecule has 1 N–H and O–H groups in total. The van der Waals surface area contributed by atoms with Crippen molar-refractivity contribution in [1.82, 2.24) is 9.80 Å². The number of ether oxygens (including phenoxy) is 4. The molecular formula is C41H62N6O7. The lowest BCUT2D eigenvalue weighted by Gasteiger charge is -2.37. The fraction of sp³-hybridized carbons (Fsp3) is 0.659. The van der Waals surface area contributed by atoms with E-state index in [2.05, 4.69) is 87.9 Å². The van der Waals surface area contributed by atoms with Crippen molar-refractivity contribution in [3.63, 3.8) is 0 Å². The third kappa shape index (κ3) is 11.9. The maximum atomic E-state index is 9.10. The second kappa shape index (κ2) is 20.3. The molecule has 3 atom stereocenters. The Kier molecular flexibility index (Phi) is 15.1. The van der Waals surface area contributed by atoms with Gasteiger partial charge in [-0.2, -0.15) is 0 Å². The summed E-state index contributed by atoms with van der Waals surface area (Å²) < 4.78 is 23.4. The lowest BCUT2D eigenvalue weighted by molar-refractivity contribution is -0.153. The van der Waals surface area contributed by atoms with Crippen LogP contribution in [0.25, 0.3) is 0 Å². The molecule has 0 saturated carbocycles. The maximum Gasteiger partial charge on any atom is 0.158 e. The van der Waals surface area contributed by atoms with E-state index in [1.54, 1.807) is 0 Å². The molecule has 2 aromatic carbocycles. The molecule has 3 fully saturated rings. The summed E-state index contributed by atoms with van der Waals surface area (Å²) in [5.74, 6) is 1.93. The van der Waals surface area contributed by atoms with E-state index in [9.17, 15) is 0 Å². The van der Waals surface area contributed by atoms with E-state index >= 15 is 0 Å². The number of oxime groups is 2. The molecule has 0 bridgehead atoms. The van der Waals surface area contributed by atoms with E-state index in [0.29, 0.717) is 6.61 Å². The summed E-state index contributed by atoms with van der Waals surface area (Å²) in [7, 11) is 0. The first-order valence-corrected chi connectivity index (χ1v) is 20.1. The van der Waals surface area contributed by atoms with Gasteiger partial charge in [0.1, 0.15) is 23.7 Å². The molecule has 3 saturated heterocycles. The van der Waals surface area contributed by atoms with Crippen LogP contribution in [0.2, 0.25) is 0 Å². The standard InChI is InChI=1S/C23H35N3O4.C18H27N3O3/c1-18(2)29-22-8-4-3-7-21(22)26-12-10-25(11-13-26)16-20-15-19(24-30-20)17-28-23-9-5-6-14-27-23;1-14(2)23-18-6-4-3-5-17(18)21-9-7-20(8-10-21)12-16-11-15(13-22)19-24-16/h3-4,7-8,18,20,23H,5-6,9-17H2,1-2H3;3-6,14,16,22H,7-13H2,1-2H3. The quantitative estimate of drug-likeness (QED) is 0.281. The van der Waals surface area contributed by atoms with E-state index in [1.807, 2.05) is 18.2 Å². The van der Waals surface area contributed by atoms with Crippen molar-refractivity contribution in [2.75, 3.05) is 95.1 Å². The zero-order chi connectivity index (χ0) is 37.7. The smallest absolute Gasteiger partial charge is 0.158 e. The van der Waals surface area contributed by atoms with Gasteiger partial charge in [-0.25, -0.2) is 0 Å². The van der Waals surface area contributed by atoms with Crippen LogP contribution in [0.15, 0.2) is 58.8 Å². The third-order valence-corrected chi connectivity index (χ3v) is 10.2. The van der Waals surface area contributed by atoms with Crippen LogP contribution in [0, 0.1) is 0 Å². The predicted octanol–water partition coefficient (Wildman–Crippen LogP) is 5.02. The van der Waals surface area contributed by atoms with Crippen molar-refractivity contribution in [2.45, 2.75) is 90.5 Å². The Balaban J connectivity index is 0.000000189. The van der Waals surface area contributed by atoms with Crippen LogP contribution in [0.4, 0.5) is 11.4 Å². The summed E-state index contributed by atoms with van der Waals surface area (Å²) >= 11 is 0. The molecule has 7 rings (SSSR count). The first kappa shape index (κ1) is 40.1. The molecule has 2 aromatic rings. The number of para-hydroxylation sites is 4. The van der Waals surface area contributed by atoms with Gasteiger partial charge in [-0.15, -0.1) is 0 Å². The normalized spacial score (nSPS) is 23.7. The van der Waals surface area contributed by atoms with Crippen molar-refractivity contribution >= 4 is 22.8 Å². The number of piperazine rings is 2. The molecule has 298 valence electrons. The minimum Gasteiger partial charge on any atom is -0.489 e. The van der Waals surface area contributed by atoms with Crippen LogP contribution in [-0.4, -0.2) is 142 Å². The van der Waals surface area contributed by atoms with E-state index in [-0.39, 0.29) is 37.3 Å². The highest BCUT2D eigenvalue weighted by atomic mass is 16.7. The Bertz CT molecular complexity index is 1490. The molecule has 0 radical (unpaired) electrons. The van der Waals surface area contributed by atoms with Crippen LogP contribution in [0.1, 0.15) is 59.8 Å². The van der Waals surface area contributed by atoms with Gasteiger partial charge in [-0.05, 0) is 71.2 Å². The Hall–Kier alpha value is -3.62. The zero-order valence-electron chi connectivity index (χ0n) is 32.8. The van der Waals surface area contributed by atoms with Crippen LogP contribution >= 0.6 is 0 Å². The summed E-state index contributed by atoms with van der Waals surface area (Å²) in [5.41, 5.74) is 4.11. The molecule has 5 aliphatic heterocycles. The highest BCUT2D eigenvalue weighted by Crippen LogP contribution is 2.31. The summed E-state index contributed by atoms with van der Waals surface area (Å²) in [6.07, 6.45) is 5.35. The molecule has 13 nitrogen and oxygen atoms in total. The first-order valence-electron chi connectivity index (χ1n) is 20.1. The summed E-state index contributed by atoms with van der Waals surface area (Å²) in [6.45, 7) is 19.3. The Morgan fingerprint density at radius 2 is 1.19 bits per heavy atom. The topological polar surface area (TPSA) is 113 Å². The minimum absolute atomic E-state index is 0.00306. The van der Waals surface area contributed by atoms with Gasteiger partial charge in [0.15, 0.2) is 6.29 Å². The monoisotopic (exact) mass is 750 g/mol. The number of anilines is 2. The van der Waals surface area contributed by atoms with Gasteiger partial charge in [-0.3, -0.25) is 9.80 Å². The van der Waals surface area contributed by atoms with Gasteiger partial charge in [0.2, 0.25) is 0 Å². The molecule has 3 unspecified atom stereocenters. The molecule has 0 aromatic heterocycles.